The molecule has 4 nitrogen and oxygen atoms in total. The van der Waals surface area contributed by atoms with Gasteiger partial charge in [-0.2, -0.15) is 0 Å². The van der Waals surface area contributed by atoms with Crippen LogP contribution >= 0.6 is 0 Å². The molecular formula is C27H32N2O2. The van der Waals surface area contributed by atoms with Gasteiger partial charge >= 0.3 is 0 Å². The van der Waals surface area contributed by atoms with E-state index in [0.717, 1.165) is 17.6 Å². The van der Waals surface area contributed by atoms with E-state index in [4.69, 9.17) is 0 Å². The molecule has 0 bridgehead atoms. The molecule has 2 N–H and O–H groups in total. The van der Waals surface area contributed by atoms with Crippen molar-refractivity contribution in [1.82, 2.24) is 10.3 Å². The van der Waals surface area contributed by atoms with Gasteiger partial charge in [0.25, 0.3) is 5.91 Å². The third-order valence-corrected chi connectivity index (χ3v) is 4.79. The summed E-state index contributed by atoms with van der Waals surface area (Å²) < 4.78 is 0. The van der Waals surface area contributed by atoms with E-state index in [9.17, 15) is 9.90 Å². The van der Waals surface area contributed by atoms with Gasteiger partial charge in [0.2, 0.25) is 0 Å². The summed E-state index contributed by atoms with van der Waals surface area (Å²) in [6.45, 7) is 9.96. The Morgan fingerprint density at radius 3 is 2.39 bits per heavy atom. The number of carbonyl (C=O) groups is 1. The molecule has 162 valence electrons. The minimum atomic E-state index is -0.322. The van der Waals surface area contributed by atoms with Crippen LogP contribution in [-0.2, 0) is 0 Å². The van der Waals surface area contributed by atoms with Crippen LogP contribution in [0.25, 0.3) is 22.2 Å². The summed E-state index contributed by atoms with van der Waals surface area (Å²) in [5, 5.41) is 14.7. The molecule has 1 aromatic heterocycles. The number of allylic oxidation sites excluding steroid dienone is 2. The van der Waals surface area contributed by atoms with Crippen molar-refractivity contribution in [2.45, 2.75) is 47.1 Å². The van der Waals surface area contributed by atoms with Gasteiger partial charge in [-0.25, -0.2) is 4.98 Å². The van der Waals surface area contributed by atoms with Crippen LogP contribution in [0.3, 0.4) is 0 Å². The number of nitrogens with one attached hydrogen (secondary N) is 1. The first kappa shape index (κ1) is 23.9. The minimum absolute atomic E-state index is 0.105. The van der Waals surface area contributed by atoms with Gasteiger partial charge < -0.3 is 10.4 Å². The molecule has 1 amide bonds. The number of amides is 1. The van der Waals surface area contributed by atoms with E-state index >= 15 is 0 Å². The average Bonchev–Trinajstić information content (AvgIpc) is 2.80. The fraction of sp³-hybridized carbons (Fsp3) is 0.259. The van der Waals surface area contributed by atoms with Crippen molar-refractivity contribution in [2.75, 3.05) is 0 Å². The summed E-state index contributed by atoms with van der Waals surface area (Å²) in [4.78, 5) is 17.8. The predicted molar refractivity (Wildman–Crippen MR) is 130 cm³/mol. The number of aromatic hydroxyl groups is 1. The fourth-order valence-corrected chi connectivity index (χ4v) is 3.40. The third kappa shape index (κ3) is 5.60. The molecule has 1 unspecified atom stereocenters. The van der Waals surface area contributed by atoms with Gasteiger partial charge in [0.05, 0.1) is 17.1 Å². The summed E-state index contributed by atoms with van der Waals surface area (Å²) in [6, 6.07) is 16.6. The lowest BCUT2D eigenvalue weighted by Gasteiger charge is -2.18. The zero-order chi connectivity index (χ0) is 22.8. The Balaban J connectivity index is 0.00000166. The van der Waals surface area contributed by atoms with Gasteiger partial charge in [-0.1, -0.05) is 87.5 Å². The molecule has 1 atom stereocenters. The molecule has 0 fully saturated rings. The van der Waals surface area contributed by atoms with Gasteiger partial charge in [-0.15, -0.1) is 0 Å². The van der Waals surface area contributed by atoms with Crippen molar-refractivity contribution in [3.63, 3.8) is 0 Å². The van der Waals surface area contributed by atoms with Crippen LogP contribution < -0.4 is 5.32 Å². The maximum absolute atomic E-state index is 13.2. The molecule has 31 heavy (non-hydrogen) atoms. The van der Waals surface area contributed by atoms with Crippen molar-refractivity contribution >= 4 is 16.8 Å². The number of rotatable bonds is 6. The molecule has 0 aliphatic carbocycles. The lowest BCUT2D eigenvalue weighted by Crippen LogP contribution is -2.34. The predicted octanol–water partition coefficient (Wildman–Crippen LogP) is 6.66. The summed E-state index contributed by atoms with van der Waals surface area (Å²) in [7, 11) is 0. The molecule has 3 rings (SSSR count). The monoisotopic (exact) mass is 416 g/mol. The second-order valence-corrected chi connectivity index (χ2v) is 6.87. The topological polar surface area (TPSA) is 62.2 Å². The SMILES string of the molecule is C/C=C\C(=C/CC)C(C)NC(=O)c1c(O)c(-c2ccccc2)nc2ccccc12.CC. The summed E-state index contributed by atoms with van der Waals surface area (Å²) in [5.41, 5.74) is 3.11. The fourth-order valence-electron chi connectivity index (χ4n) is 3.40. The van der Waals surface area contributed by atoms with Crippen molar-refractivity contribution in [3.8, 4) is 17.0 Å². The molecule has 3 aromatic rings. The third-order valence-electron chi connectivity index (χ3n) is 4.79. The summed E-state index contributed by atoms with van der Waals surface area (Å²) >= 11 is 0. The highest BCUT2D eigenvalue weighted by molar-refractivity contribution is 6.10. The second-order valence-electron chi connectivity index (χ2n) is 6.87. The molecule has 2 aromatic carbocycles. The lowest BCUT2D eigenvalue weighted by molar-refractivity contribution is 0.0945. The van der Waals surface area contributed by atoms with Crippen LogP contribution in [0.1, 0.15) is 51.4 Å². The number of benzene rings is 2. The highest BCUT2D eigenvalue weighted by Crippen LogP contribution is 2.35. The Morgan fingerprint density at radius 1 is 1.10 bits per heavy atom. The van der Waals surface area contributed by atoms with Crippen LogP contribution in [0.15, 0.2) is 78.4 Å². The van der Waals surface area contributed by atoms with Gasteiger partial charge in [0.1, 0.15) is 5.69 Å². The van der Waals surface area contributed by atoms with Gasteiger partial charge in [-0.05, 0) is 31.9 Å². The molecule has 0 saturated heterocycles. The highest BCUT2D eigenvalue weighted by Gasteiger charge is 2.22. The number of nitrogens with zero attached hydrogens (tertiary/aromatic N) is 1. The van der Waals surface area contributed by atoms with Gasteiger partial charge in [0.15, 0.2) is 5.75 Å². The van der Waals surface area contributed by atoms with Crippen LogP contribution in [-0.4, -0.2) is 22.0 Å². The van der Waals surface area contributed by atoms with E-state index in [1.807, 2.05) is 94.4 Å². The van der Waals surface area contributed by atoms with Crippen molar-refractivity contribution in [2.24, 2.45) is 0 Å². The van der Waals surface area contributed by atoms with Crippen LogP contribution in [0.5, 0.6) is 5.75 Å². The Bertz CT molecular complexity index is 1070. The molecule has 1 heterocycles. The number of fused-ring (bicyclic) bond motifs is 1. The van der Waals surface area contributed by atoms with Gasteiger partial charge in [-0.3, -0.25) is 4.79 Å². The van der Waals surface area contributed by atoms with Crippen molar-refractivity contribution in [3.05, 3.63) is 84.0 Å². The zero-order valence-electron chi connectivity index (χ0n) is 19.0. The van der Waals surface area contributed by atoms with E-state index in [1.165, 1.54) is 0 Å². The number of hydrogen-bond donors (Lipinski definition) is 2. The maximum Gasteiger partial charge on any atom is 0.256 e. The largest absolute Gasteiger partial charge is 0.505 e. The molecular weight excluding hydrogens is 384 g/mol. The van der Waals surface area contributed by atoms with E-state index in [1.54, 1.807) is 0 Å². The molecule has 0 saturated carbocycles. The van der Waals surface area contributed by atoms with Crippen LogP contribution in [0.4, 0.5) is 0 Å². The normalized spacial score (nSPS) is 12.4. The van der Waals surface area contributed by atoms with E-state index < -0.39 is 0 Å². The van der Waals surface area contributed by atoms with E-state index in [2.05, 4.69) is 23.3 Å². The maximum atomic E-state index is 13.2. The number of aromatic nitrogens is 1. The molecule has 0 aliphatic heterocycles. The van der Waals surface area contributed by atoms with Crippen molar-refractivity contribution in [1.29, 1.82) is 0 Å². The zero-order valence-corrected chi connectivity index (χ0v) is 19.0. The Labute approximate surface area is 185 Å². The minimum Gasteiger partial charge on any atom is -0.505 e. The Kier molecular flexibility index (Phi) is 9.01. The molecule has 0 spiro atoms. The summed E-state index contributed by atoms with van der Waals surface area (Å²) in [6.07, 6.45) is 6.91. The quantitative estimate of drug-likeness (QED) is 0.441. The number of pyridine rings is 1. The molecule has 0 radical (unpaired) electrons. The first-order chi connectivity index (χ1) is 15.1. The second kappa shape index (κ2) is 11.7. The van der Waals surface area contributed by atoms with Crippen molar-refractivity contribution < 1.29 is 9.90 Å². The standard InChI is InChI=1S/C25H26N2O2.C2H6/c1-4-11-18(12-5-2)17(3)26-25(29)22-20-15-9-10-16-21(20)27-23(24(22)28)19-13-7-6-8-14-19;1-2/h4,6-17,28H,5H2,1-3H3,(H,26,29);1-2H3/b11-4-,18-12+;. The molecule has 4 heteroatoms. The average molecular weight is 417 g/mol. The Morgan fingerprint density at radius 2 is 1.74 bits per heavy atom. The van der Waals surface area contributed by atoms with E-state index in [-0.39, 0.29) is 23.3 Å². The highest BCUT2D eigenvalue weighted by atomic mass is 16.3. The number of carbonyl (C=O) groups excluding carboxylic acids is 1. The first-order valence-corrected chi connectivity index (χ1v) is 10.9. The lowest BCUT2D eigenvalue weighted by atomic mass is 10.0. The number of hydrogen-bond acceptors (Lipinski definition) is 3. The van der Waals surface area contributed by atoms with E-state index in [0.29, 0.717) is 16.6 Å². The van der Waals surface area contributed by atoms with Crippen LogP contribution in [0.2, 0.25) is 0 Å². The Hall–Kier alpha value is -3.40. The number of para-hydroxylation sites is 1. The molecule has 0 aliphatic rings. The summed E-state index contributed by atoms with van der Waals surface area (Å²) in [5.74, 6) is -0.427. The van der Waals surface area contributed by atoms with Crippen LogP contribution in [0, 0.1) is 0 Å². The smallest absolute Gasteiger partial charge is 0.256 e. The first-order valence-electron chi connectivity index (χ1n) is 10.9. The van der Waals surface area contributed by atoms with Gasteiger partial charge in [0, 0.05) is 10.9 Å².